The molecule has 1 aliphatic rings. The number of amides is 1. The molecule has 1 amide bonds. The van der Waals surface area contributed by atoms with Crippen LogP contribution in [-0.2, 0) is 22.7 Å². The lowest BCUT2D eigenvalue weighted by Crippen LogP contribution is -2.29. The van der Waals surface area contributed by atoms with Gasteiger partial charge in [-0.25, -0.2) is 0 Å². The molecule has 4 aromatic rings. The van der Waals surface area contributed by atoms with Crippen molar-refractivity contribution in [3.63, 3.8) is 0 Å². The second kappa shape index (κ2) is 14.6. The van der Waals surface area contributed by atoms with Crippen molar-refractivity contribution in [3.8, 4) is 17.2 Å². The van der Waals surface area contributed by atoms with E-state index in [-0.39, 0.29) is 17.9 Å². The number of unbranched alkanes of at least 4 members (excludes halogenated alkanes) is 2. The molecule has 1 saturated heterocycles. The Labute approximate surface area is 263 Å². The molecule has 1 fully saturated rings. The van der Waals surface area contributed by atoms with Crippen molar-refractivity contribution >= 4 is 17.4 Å². The molecule has 2 heterocycles. The summed E-state index contributed by atoms with van der Waals surface area (Å²) in [6, 6.07) is 23.0. The number of benzene rings is 3. The van der Waals surface area contributed by atoms with E-state index < -0.39 is 17.7 Å². The molecule has 1 unspecified atom stereocenters. The first-order valence-electron chi connectivity index (χ1n) is 15.2. The number of methoxy groups -OCH3 is 1. The summed E-state index contributed by atoms with van der Waals surface area (Å²) in [4.78, 5) is 32.6. The number of hydrogen-bond donors (Lipinski definition) is 1. The number of carbonyl (C=O) groups is 2. The summed E-state index contributed by atoms with van der Waals surface area (Å²) in [7, 11) is 1.55. The van der Waals surface area contributed by atoms with Gasteiger partial charge in [-0.15, -0.1) is 0 Å². The Morgan fingerprint density at radius 2 is 1.67 bits per heavy atom. The lowest BCUT2D eigenvalue weighted by atomic mass is 9.94. The van der Waals surface area contributed by atoms with Gasteiger partial charge in [-0.1, -0.05) is 55.7 Å². The van der Waals surface area contributed by atoms with Gasteiger partial charge >= 0.3 is 0 Å². The highest BCUT2D eigenvalue weighted by Gasteiger charge is 2.46. The quantitative estimate of drug-likeness (QED) is 0.0746. The van der Waals surface area contributed by atoms with E-state index in [1.165, 1.54) is 4.90 Å². The van der Waals surface area contributed by atoms with Crippen molar-refractivity contribution in [2.75, 3.05) is 13.7 Å². The Hall–Kier alpha value is -5.11. The topological polar surface area (TPSA) is 98.2 Å². The molecule has 8 heteroatoms. The fourth-order valence-electron chi connectivity index (χ4n) is 5.42. The number of aliphatic hydroxyl groups is 1. The zero-order chi connectivity index (χ0) is 31.8. The Bertz CT molecular complexity index is 1670. The van der Waals surface area contributed by atoms with E-state index in [2.05, 4.69) is 18.0 Å². The predicted octanol–water partition coefficient (Wildman–Crippen LogP) is 7.17. The van der Waals surface area contributed by atoms with Crippen LogP contribution < -0.4 is 14.2 Å². The maximum absolute atomic E-state index is 13.6. The van der Waals surface area contributed by atoms with Gasteiger partial charge in [0.15, 0.2) is 11.5 Å². The number of aliphatic hydroxyl groups excluding tert-OH is 1. The summed E-state index contributed by atoms with van der Waals surface area (Å²) in [5, 5.41) is 11.6. The van der Waals surface area contributed by atoms with Gasteiger partial charge < -0.3 is 24.2 Å². The SMILES string of the molecule is CCCCCOc1ccc(C2/C(=C(\O)c3ccc(OCc4cccc(C)c4)cc3)C(=O)C(=O)N2Cc2ccncc2)cc1OC. The number of Topliss-reactive ketones (excluding diaryl/α,β-unsaturated/α-hetero) is 1. The van der Waals surface area contributed by atoms with Crippen LogP contribution in [0, 0.1) is 6.92 Å². The highest BCUT2D eigenvalue weighted by molar-refractivity contribution is 6.46. The first-order chi connectivity index (χ1) is 21.9. The number of pyridine rings is 1. The van der Waals surface area contributed by atoms with Crippen LogP contribution >= 0.6 is 0 Å². The van der Waals surface area contributed by atoms with Crippen LogP contribution in [0.2, 0.25) is 0 Å². The maximum Gasteiger partial charge on any atom is 0.295 e. The Kier molecular flexibility index (Phi) is 10.1. The van der Waals surface area contributed by atoms with Crippen LogP contribution in [-0.4, -0.2) is 40.4 Å². The molecule has 1 aliphatic heterocycles. The van der Waals surface area contributed by atoms with E-state index in [4.69, 9.17) is 14.2 Å². The van der Waals surface area contributed by atoms with Gasteiger partial charge in [-0.2, -0.15) is 0 Å². The highest BCUT2D eigenvalue weighted by Crippen LogP contribution is 2.43. The van der Waals surface area contributed by atoms with E-state index in [1.807, 2.05) is 31.2 Å². The van der Waals surface area contributed by atoms with E-state index in [0.717, 1.165) is 36.0 Å². The fourth-order valence-corrected chi connectivity index (χ4v) is 5.42. The molecular formula is C37H38N2O6. The molecular weight excluding hydrogens is 568 g/mol. The lowest BCUT2D eigenvalue weighted by Gasteiger charge is -2.26. The molecule has 0 aliphatic carbocycles. The predicted molar refractivity (Wildman–Crippen MR) is 172 cm³/mol. The Balaban J connectivity index is 1.48. The lowest BCUT2D eigenvalue weighted by molar-refractivity contribution is -0.140. The number of aryl methyl sites for hydroxylation is 1. The summed E-state index contributed by atoms with van der Waals surface area (Å²) in [6.45, 7) is 5.26. The number of carbonyl (C=O) groups excluding carboxylic acids is 2. The smallest absolute Gasteiger partial charge is 0.295 e. The first kappa shape index (κ1) is 31.3. The van der Waals surface area contributed by atoms with Crippen LogP contribution in [0.3, 0.4) is 0 Å². The van der Waals surface area contributed by atoms with Gasteiger partial charge in [-0.05, 0) is 78.6 Å². The highest BCUT2D eigenvalue weighted by atomic mass is 16.5. The summed E-state index contributed by atoms with van der Waals surface area (Å²) >= 11 is 0. The molecule has 232 valence electrons. The van der Waals surface area contributed by atoms with Gasteiger partial charge in [0.2, 0.25) is 0 Å². The molecule has 1 N–H and O–H groups in total. The zero-order valence-electron chi connectivity index (χ0n) is 25.9. The van der Waals surface area contributed by atoms with Crippen molar-refractivity contribution in [2.24, 2.45) is 0 Å². The third-order valence-electron chi connectivity index (χ3n) is 7.77. The average Bonchev–Trinajstić information content (AvgIpc) is 3.31. The minimum Gasteiger partial charge on any atom is -0.507 e. The largest absolute Gasteiger partial charge is 0.507 e. The first-order valence-corrected chi connectivity index (χ1v) is 15.2. The van der Waals surface area contributed by atoms with Gasteiger partial charge in [-0.3, -0.25) is 14.6 Å². The van der Waals surface area contributed by atoms with Crippen molar-refractivity contribution in [2.45, 2.75) is 52.3 Å². The van der Waals surface area contributed by atoms with Crippen LogP contribution in [0.4, 0.5) is 0 Å². The summed E-state index contributed by atoms with van der Waals surface area (Å²) in [5.74, 6) is -0.0551. The standard InChI is InChI=1S/C37H38N2O6/c1-4-5-6-20-44-31-15-12-29(22-32(31)43-3)34-33(36(41)37(42)39(34)23-26-16-18-38-19-17-26)35(40)28-10-13-30(14-11-28)45-24-27-9-7-8-25(2)21-27/h7-19,21-22,34,40H,4-6,20,23-24H2,1-3H3/b35-33+. The van der Waals surface area contributed by atoms with Crippen LogP contribution in [0.5, 0.6) is 17.2 Å². The molecule has 3 aromatic carbocycles. The van der Waals surface area contributed by atoms with Crippen molar-refractivity contribution < 1.29 is 28.9 Å². The van der Waals surface area contributed by atoms with Crippen molar-refractivity contribution in [1.82, 2.24) is 9.88 Å². The van der Waals surface area contributed by atoms with Crippen LogP contribution in [0.15, 0.2) is 96.8 Å². The second-order valence-corrected chi connectivity index (χ2v) is 11.1. The van der Waals surface area contributed by atoms with Gasteiger partial charge in [0.1, 0.15) is 18.1 Å². The van der Waals surface area contributed by atoms with Crippen LogP contribution in [0.1, 0.15) is 60.0 Å². The summed E-state index contributed by atoms with van der Waals surface area (Å²) in [5.41, 5.74) is 4.01. The summed E-state index contributed by atoms with van der Waals surface area (Å²) < 4.78 is 17.6. The molecule has 8 nitrogen and oxygen atoms in total. The number of ether oxygens (including phenoxy) is 3. The maximum atomic E-state index is 13.6. The zero-order valence-corrected chi connectivity index (χ0v) is 25.9. The summed E-state index contributed by atoms with van der Waals surface area (Å²) in [6.07, 6.45) is 6.33. The van der Waals surface area contributed by atoms with Crippen molar-refractivity contribution in [3.05, 3.63) is 125 Å². The third-order valence-corrected chi connectivity index (χ3v) is 7.77. The van der Waals surface area contributed by atoms with E-state index in [0.29, 0.717) is 41.6 Å². The molecule has 1 atom stereocenters. The number of aromatic nitrogens is 1. The van der Waals surface area contributed by atoms with Crippen molar-refractivity contribution in [1.29, 1.82) is 0 Å². The average molecular weight is 607 g/mol. The number of ketones is 1. The van der Waals surface area contributed by atoms with Gasteiger partial charge in [0, 0.05) is 24.5 Å². The van der Waals surface area contributed by atoms with Gasteiger partial charge in [0.25, 0.3) is 11.7 Å². The normalized spacial score (nSPS) is 15.7. The second-order valence-electron chi connectivity index (χ2n) is 11.1. The molecule has 0 saturated carbocycles. The van der Waals surface area contributed by atoms with Gasteiger partial charge in [0.05, 0.1) is 25.3 Å². The molecule has 0 radical (unpaired) electrons. The number of likely N-dealkylation sites (tertiary alicyclic amines) is 1. The fraction of sp³-hybridized carbons (Fsp3) is 0.270. The molecule has 0 spiro atoms. The Morgan fingerprint density at radius 1 is 0.889 bits per heavy atom. The van der Waals surface area contributed by atoms with E-state index in [9.17, 15) is 14.7 Å². The number of hydrogen-bond acceptors (Lipinski definition) is 7. The van der Waals surface area contributed by atoms with E-state index >= 15 is 0 Å². The van der Waals surface area contributed by atoms with E-state index in [1.54, 1.807) is 68.0 Å². The molecule has 0 bridgehead atoms. The minimum absolute atomic E-state index is 0.00107. The number of rotatable bonds is 13. The molecule has 1 aromatic heterocycles. The molecule has 5 rings (SSSR count). The monoisotopic (exact) mass is 606 g/mol. The van der Waals surface area contributed by atoms with Crippen LogP contribution in [0.25, 0.3) is 5.76 Å². The number of nitrogens with zero attached hydrogens (tertiary/aromatic N) is 2. The third kappa shape index (κ3) is 7.34. The minimum atomic E-state index is -0.863. The molecule has 45 heavy (non-hydrogen) atoms. The Morgan fingerprint density at radius 3 is 2.38 bits per heavy atom.